The van der Waals surface area contributed by atoms with Crippen molar-refractivity contribution in [3.8, 4) is 0 Å². The molecule has 1 saturated heterocycles. The van der Waals surface area contributed by atoms with E-state index < -0.39 is 9.84 Å². The summed E-state index contributed by atoms with van der Waals surface area (Å²) in [5.74, 6) is 2.74. The quantitative estimate of drug-likeness (QED) is 0.673. The Morgan fingerprint density at radius 3 is 2.89 bits per heavy atom. The third kappa shape index (κ3) is 5.40. The fourth-order valence-corrected chi connectivity index (χ4v) is 5.19. The molecule has 1 N–H and O–H groups in total. The van der Waals surface area contributed by atoms with Crippen LogP contribution in [0.1, 0.15) is 43.5 Å². The summed E-state index contributed by atoms with van der Waals surface area (Å²) in [5, 5.41) is 3.19. The Morgan fingerprint density at radius 1 is 1.44 bits per heavy atom. The topological polar surface area (TPSA) is 84.1 Å². The number of aromatic amines is 1. The van der Waals surface area contributed by atoms with Crippen molar-refractivity contribution >= 4 is 34.2 Å². The van der Waals surface area contributed by atoms with Crippen molar-refractivity contribution in [2.45, 2.75) is 45.8 Å². The molecule has 1 aliphatic heterocycles. The lowest BCUT2D eigenvalue weighted by molar-refractivity contribution is 0.152. The molecular formula is C18H26N4O3S2. The lowest BCUT2D eigenvalue weighted by atomic mass is 10.2. The fraction of sp³-hybridized carbons (Fsp3) is 0.556. The minimum Gasteiger partial charge on any atom is -0.462 e. The molecule has 1 unspecified atom stereocenters. The zero-order chi connectivity index (χ0) is 19.4. The number of furan rings is 1. The van der Waals surface area contributed by atoms with Gasteiger partial charge in [-0.25, -0.2) is 13.1 Å². The van der Waals surface area contributed by atoms with Gasteiger partial charge in [0.1, 0.15) is 17.3 Å². The predicted molar refractivity (Wildman–Crippen MR) is 108 cm³/mol. The molecule has 0 saturated carbocycles. The molecule has 9 heteroatoms. The lowest BCUT2D eigenvalue weighted by Crippen LogP contribution is -2.38. The Labute approximate surface area is 165 Å². The van der Waals surface area contributed by atoms with Crippen LogP contribution in [-0.2, 0) is 16.5 Å². The van der Waals surface area contributed by atoms with Gasteiger partial charge in [0, 0.05) is 12.6 Å². The summed E-state index contributed by atoms with van der Waals surface area (Å²) < 4.78 is 31.5. The smallest absolute Gasteiger partial charge is 0.217 e. The van der Waals surface area contributed by atoms with Gasteiger partial charge in [-0.3, -0.25) is 10.00 Å². The number of aromatic nitrogens is 3. The average molecular weight is 411 g/mol. The highest BCUT2D eigenvalue weighted by Gasteiger charge is 2.32. The first-order chi connectivity index (χ1) is 12.9. The molecule has 0 aliphatic carbocycles. The van der Waals surface area contributed by atoms with Crippen LogP contribution in [0.2, 0.25) is 0 Å². The minimum atomic E-state index is -2.92. The fourth-order valence-electron chi connectivity index (χ4n) is 3.22. The first kappa shape index (κ1) is 20.0. The molecule has 1 fully saturated rings. The second-order valence-corrected chi connectivity index (χ2v) is 9.56. The third-order valence-corrected chi connectivity index (χ3v) is 6.77. The predicted octanol–water partition coefficient (Wildman–Crippen LogP) is 3.26. The summed E-state index contributed by atoms with van der Waals surface area (Å²) in [4.78, 5) is 6.57. The first-order valence-corrected chi connectivity index (χ1v) is 11.4. The van der Waals surface area contributed by atoms with Crippen molar-refractivity contribution < 1.29 is 12.8 Å². The van der Waals surface area contributed by atoms with Crippen LogP contribution in [0, 0.1) is 11.7 Å². The Hall–Kier alpha value is -1.71. The molecule has 0 spiro atoms. The largest absolute Gasteiger partial charge is 0.462 e. The highest BCUT2D eigenvalue weighted by molar-refractivity contribution is 7.91. The number of nitrogens with zero attached hydrogens (tertiary/aromatic N) is 3. The van der Waals surface area contributed by atoms with Gasteiger partial charge in [-0.05, 0) is 56.3 Å². The maximum absolute atomic E-state index is 11.9. The van der Waals surface area contributed by atoms with E-state index >= 15 is 0 Å². The Bertz CT molecular complexity index is 955. The average Bonchev–Trinajstić information content (AvgIpc) is 3.29. The molecule has 0 aromatic carbocycles. The van der Waals surface area contributed by atoms with Crippen LogP contribution >= 0.6 is 12.2 Å². The minimum absolute atomic E-state index is 0.0387. The molecule has 27 heavy (non-hydrogen) atoms. The molecule has 2 aromatic rings. The van der Waals surface area contributed by atoms with E-state index in [9.17, 15) is 8.42 Å². The molecule has 148 valence electrons. The van der Waals surface area contributed by atoms with Crippen LogP contribution in [0.15, 0.2) is 16.5 Å². The van der Waals surface area contributed by atoms with Crippen molar-refractivity contribution in [1.29, 1.82) is 0 Å². The van der Waals surface area contributed by atoms with Gasteiger partial charge in [-0.1, -0.05) is 13.3 Å². The second kappa shape index (κ2) is 8.53. The molecule has 1 aliphatic rings. The van der Waals surface area contributed by atoms with E-state index in [2.05, 4.69) is 21.9 Å². The highest BCUT2D eigenvalue weighted by Crippen LogP contribution is 2.19. The normalized spacial score (nSPS) is 19.4. The lowest BCUT2D eigenvalue weighted by Gasteiger charge is -2.27. The summed E-state index contributed by atoms with van der Waals surface area (Å²) >= 11 is 5.38. The van der Waals surface area contributed by atoms with Crippen LogP contribution in [0.5, 0.6) is 0 Å². The summed E-state index contributed by atoms with van der Waals surface area (Å²) in [5.41, 5.74) is 0. The van der Waals surface area contributed by atoms with Crippen LogP contribution in [0.3, 0.4) is 0 Å². The Morgan fingerprint density at radius 2 is 2.26 bits per heavy atom. The summed E-state index contributed by atoms with van der Waals surface area (Å²) in [6.07, 6.45) is 6.41. The number of sulfone groups is 1. The van der Waals surface area contributed by atoms with E-state index in [1.165, 1.54) is 0 Å². The Balaban J connectivity index is 1.73. The number of unbranched alkanes of at least 4 members (excludes halogenated alkanes) is 1. The van der Waals surface area contributed by atoms with Gasteiger partial charge in [-0.15, -0.1) is 0 Å². The van der Waals surface area contributed by atoms with E-state index in [1.54, 1.807) is 4.68 Å². The molecule has 0 amide bonds. The number of hydrogen-bond donors (Lipinski definition) is 1. The summed E-state index contributed by atoms with van der Waals surface area (Å²) in [7, 11) is -2.92. The number of aryl methyl sites for hydroxylation is 1. The van der Waals surface area contributed by atoms with E-state index in [1.807, 2.05) is 31.2 Å². The van der Waals surface area contributed by atoms with Gasteiger partial charge in [0.15, 0.2) is 9.84 Å². The molecule has 0 radical (unpaired) electrons. The zero-order valence-corrected chi connectivity index (χ0v) is 17.4. The molecule has 3 heterocycles. The SMILES string of the molecule is CCCCN(Cn1[nH]c(/C=C/c2ccc(C)o2)nc1=S)C1CCS(=O)(=O)C1. The van der Waals surface area contributed by atoms with Gasteiger partial charge in [0.05, 0.1) is 18.2 Å². The maximum atomic E-state index is 11.9. The monoisotopic (exact) mass is 410 g/mol. The molecule has 1 atom stereocenters. The zero-order valence-electron chi connectivity index (χ0n) is 15.7. The summed E-state index contributed by atoms with van der Waals surface area (Å²) in [6.45, 7) is 5.38. The van der Waals surface area contributed by atoms with Crippen LogP contribution < -0.4 is 0 Å². The van der Waals surface area contributed by atoms with E-state index in [0.717, 1.165) is 30.9 Å². The summed E-state index contributed by atoms with van der Waals surface area (Å²) in [6, 6.07) is 3.84. The van der Waals surface area contributed by atoms with Gasteiger partial charge in [0.25, 0.3) is 0 Å². The second-order valence-electron chi connectivity index (χ2n) is 6.97. The van der Waals surface area contributed by atoms with Gasteiger partial charge >= 0.3 is 0 Å². The molecule has 7 nitrogen and oxygen atoms in total. The number of H-pyrrole nitrogens is 1. The van der Waals surface area contributed by atoms with E-state index in [-0.39, 0.29) is 17.5 Å². The Kier molecular flexibility index (Phi) is 6.33. The molecule has 3 rings (SSSR count). The molecule has 0 bridgehead atoms. The van der Waals surface area contributed by atoms with Gasteiger partial charge in [0.2, 0.25) is 4.77 Å². The van der Waals surface area contributed by atoms with Crippen molar-refractivity contribution in [2.24, 2.45) is 0 Å². The number of rotatable bonds is 8. The first-order valence-electron chi connectivity index (χ1n) is 9.22. The maximum Gasteiger partial charge on any atom is 0.217 e. The number of nitrogens with one attached hydrogen (secondary N) is 1. The standard InChI is InChI=1S/C18H26N4O3S2/c1-3-4-10-21(15-9-11-27(23,24)12-15)13-22-18(26)19-17(20-22)8-7-16-6-5-14(2)25-16/h5-8,15H,3-4,9-13H2,1-2H3,(H,19,20,26)/b8-7+. The van der Waals surface area contributed by atoms with Gasteiger partial charge < -0.3 is 4.42 Å². The van der Waals surface area contributed by atoms with Crippen LogP contribution in [0.4, 0.5) is 0 Å². The third-order valence-electron chi connectivity index (χ3n) is 4.71. The van der Waals surface area contributed by atoms with Gasteiger partial charge in [-0.2, -0.15) is 4.98 Å². The van der Waals surface area contributed by atoms with Crippen LogP contribution in [-0.4, -0.2) is 52.2 Å². The highest BCUT2D eigenvalue weighted by atomic mass is 32.2. The van der Waals surface area contributed by atoms with Crippen molar-refractivity contribution in [2.75, 3.05) is 18.1 Å². The van der Waals surface area contributed by atoms with E-state index in [4.69, 9.17) is 16.6 Å². The van der Waals surface area contributed by atoms with Crippen molar-refractivity contribution in [3.63, 3.8) is 0 Å². The van der Waals surface area contributed by atoms with Crippen LogP contribution in [0.25, 0.3) is 12.2 Å². The molecular weight excluding hydrogens is 384 g/mol. The number of hydrogen-bond acceptors (Lipinski definition) is 6. The van der Waals surface area contributed by atoms with Crippen molar-refractivity contribution in [3.05, 3.63) is 34.2 Å². The molecule has 2 aromatic heterocycles. The van der Waals surface area contributed by atoms with E-state index in [0.29, 0.717) is 23.7 Å². The van der Waals surface area contributed by atoms with Crippen molar-refractivity contribution in [1.82, 2.24) is 19.7 Å².